The molecule has 0 unspecified atom stereocenters. The molecular weight excluding hydrogens is 299 g/mol. The molecule has 1 aromatic rings. The smallest absolute Gasteiger partial charge is 0.391 e. The van der Waals surface area contributed by atoms with Gasteiger partial charge < -0.3 is 15.5 Å². The van der Waals surface area contributed by atoms with Gasteiger partial charge in [-0.3, -0.25) is 4.79 Å². The second-order valence-corrected chi connectivity index (χ2v) is 5.57. The van der Waals surface area contributed by atoms with E-state index in [-0.39, 0.29) is 5.56 Å². The molecule has 1 saturated carbocycles. The molecule has 1 aliphatic rings. The van der Waals surface area contributed by atoms with Gasteiger partial charge >= 0.3 is 6.18 Å². The molecule has 7 heteroatoms. The Hall–Kier alpha value is -1.60. The quantitative estimate of drug-likeness (QED) is 0.794. The van der Waals surface area contributed by atoms with E-state index in [1.165, 1.54) is 18.2 Å². The van der Waals surface area contributed by atoms with Crippen LogP contribution in [0.4, 0.5) is 13.2 Å². The molecule has 0 saturated heterocycles. The number of nitrogens with one attached hydrogen (secondary N) is 1. The Bertz CT molecular complexity index is 521. The van der Waals surface area contributed by atoms with Crippen molar-refractivity contribution in [3.63, 3.8) is 0 Å². The van der Waals surface area contributed by atoms with Crippen LogP contribution in [0.15, 0.2) is 30.3 Å². The van der Waals surface area contributed by atoms with Gasteiger partial charge in [-0.2, -0.15) is 13.2 Å². The predicted octanol–water partition coefficient (Wildman–Crippen LogP) is 1.86. The highest BCUT2D eigenvalue weighted by Crippen LogP contribution is 2.41. The Balaban J connectivity index is 2.15. The van der Waals surface area contributed by atoms with E-state index in [4.69, 9.17) is 0 Å². The van der Waals surface area contributed by atoms with Crippen molar-refractivity contribution in [2.75, 3.05) is 0 Å². The number of alkyl halides is 3. The summed E-state index contributed by atoms with van der Waals surface area (Å²) >= 11 is 0. The van der Waals surface area contributed by atoms with Gasteiger partial charge in [0.05, 0.1) is 18.6 Å². The minimum atomic E-state index is -4.99. The average molecular weight is 317 g/mol. The fourth-order valence-electron chi connectivity index (χ4n) is 2.68. The molecule has 1 amide bonds. The van der Waals surface area contributed by atoms with Crippen LogP contribution < -0.4 is 5.32 Å². The molecular formula is C15H18F3NO3. The maximum Gasteiger partial charge on any atom is 0.421 e. The molecule has 122 valence electrons. The summed E-state index contributed by atoms with van der Waals surface area (Å²) < 4.78 is 39.8. The van der Waals surface area contributed by atoms with Gasteiger partial charge in [-0.15, -0.1) is 0 Å². The van der Waals surface area contributed by atoms with Crippen LogP contribution in [0.2, 0.25) is 0 Å². The van der Waals surface area contributed by atoms with E-state index in [2.05, 4.69) is 5.32 Å². The molecule has 1 aromatic carbocycles. The van der Waals surface area contributed by atoms with E-state index in [1.54, 1.807) is 0 Å². The molecule has 22 heavy (non-hydrogen) atoms. The van der Waals surface area contributed by atoms with Crippen molar-refractivity contribution in [2.24, 2.45) is 0 Å². The van der Waals surface area contributed by atoms with Crippen molar-refractivity contribution < 1.29 is 28.2 Å². The summed E-state index contributed by atoms with van der Waals surface area (Å²) in [7, 11) is 0. The lowest BCUT2D eigenvalue weighted by Crippen LogP contribution is -2.48. The highest BCUT2D eigenvalue weighted by molar-refractivity contribution is 5.78. The summed E-state index contributed by atoms with van der Waals surface area (Å²) in [5.74, 6) is -0.936. The molecule has 1 fully saturated rings. The number of amides is 1. The first-order valence-corrected chi connectivity index (χ1v) is 7.06. The first-order valence-electron chi connectivity index (χ1n) is 7.06. The number of aliphatic hydroxyl groups excluding tert-OH is 1. The van der Waals surface area contributed by atoms with Crippen molar-refractivity contribution in [1.29, 1.82) is 0 Å². The standard InChI is InChI=1S/C15H18F3NO3/c16-15(17,18)14(22,10-5-2-1-3-6-10)9-13(21)19-11-7-4-8-12(11)20/h1-3,5-6,11-12,20,22H,4,7-9H2,(H,19,21)/t11-,12-,14-/m0/s1. The van der Waals surface area contributed by atoms with Gasteiger partial charge in [0.2, 0.25) is 5.91 Å². The third kappa shape index (κ3) is 3.41. The van der Waals surface area contributed by atoms with E-state index in [1.807, 2.05) is 0 Å². The number of halogens is 3. The van der Waals surface area contributed by atoms with E-state index >= 15 is 0 Å². The van der Waals surface area contributed by atoms with Crippen molar-refractivity contribution in [3.8, 4) is 0 Å². The first kappa shape index (κ1) is 16.8. The lowest BCUT2D eigenvalue weighted by molar-refractivity contribution is -0.267. The van der Waals surface area contributed by atoms with Crippen molar-refractivity contribution in [3.05, 3.63) is 35.9 Å². The summed E-state index contributed by atoms with van der Waals surface area (Å²) in [6, 6.07) is 5.96. The van der Waals surface area contributed by atoms with Crippen LogP contribution in [-0.2, 0) is 10.4 Å². The zero-order valence-corrected chi connectivity index (χ0v) is 11.8. The average Bonchev–Trinajstić information content (AvgIpc) is 2.83. The number of rotatable bonds is 4. The van der Waals surface area contributed by atoms with Crippen LogP contribution in [0, 0.1) is 0 Å². The highest BCUT2D eigenvalue weighted by atomic mass is 19.4. The minimum Gasteiger partial charge on any atom is -0.391 e. The van der Waals surface area contributed by atoms with Crippen LogP contribution in [0.1, 0.15) is 31.2 Å². The van der Waals surface area contributed by atoms with Gasteiger partial charge in [0.25, 0.3) is 0 Å². The van der Waals surface area contributed by atoms with Crippen LogP contribution in [0.25, 0.3) is 0 Å². The Morgan fingerprint density at radius 3 is 2.36 bits per heavy atom. The Kier molecular flexibility index (Phi) is 4.77. The summed E-state index contributed by atoms with van der Waals surface area (Å²) in [5.41, 5.74) is -3.63. The highest BCUT2D eigenvalue weighted by Gasteiger charge is 2.56. The number of hydrogen-bond donors (Lipinski definition) is 3. The second-order valence-electron chi connectivity index (χ2n) is 5.57. The summed E-state index contributed by atoms with van der Waals surface area (Å²) in [5, 5.41) is 22.1. The topological polar surface area (TPSA) is 69.6 Å². The third-order valence-electron chi connectivity index (χ3n) is 3.96. The predicted molar refractivity (Wildman–Crippen MR) is 72.8 cm³/mol. The first-order chi connectivity index (χ1) is 10.2. The Morgan fingerprint density at radius 1 is 1.23 bits per heavy atom. The van der Waals surface area contributed by atoms with Crippen molar-refractivity contribution >= 4 is 5.91 Å². The molecule has 2 rings (SSSR count). The fourth-order valence-corrected chi connectivity index (χ4v) is 2.68. The zero-order chi connectivity index (χ0) is 16.4. The summed E-state index contributed by atoms with van der Waals surface area (Å²) in [4.78, 5) is 11.9. The number of aliphatic hydroxyl groups is 2. The van der Waals surface area contributed by atoms with Gasteiger partial charge in [-0.1, -0.05) is 30.3 Å². The van der Waals surface area contributed by atoms with Gasteiger partial charge in [0.15, 0.2) is 5.60 Å². The van der Waals surface area contributed by atoms with E-state index in [9.17, 15) is 28.2 Å². The maximum atomic E-state index is 13.3. The van der Waals surface area contributed by atoms with Crippen LogP contribution >= 0.6 is 0 Å². The van der Waals surface area contributed by atoms with Gasteiger partial charge in [-0.05, 0) is 24.8 Å². The lowest BCUT2D eigenvalue weighted by Gasteiger charge is -2.31. The fraction of sp³-hybridized carbons (Fsp3) is 0.533. The minimum absolute atomic E-state index is 0.385. The monoisotopic (exact) mass is 317 g/mol. The van der Waals surface area contributed by atoms with Crippen LogP contribution in [-0.4, -0.2) is 34.4 Å². The molecule has 3 atom stereocenters. The Labute approximate surface area is 126 Å². The molecule has 0 aliphatic heterocycles. The van der Waals surface area contributed by atoms with E-state index < -0.39 is 36.3 Å². The molecule has 0 aromatic heterocycles. The number of carbonyl (C=O) groups excluding carboxylic acids is 1. The van der Waals surface area contributed by atoms with E-state index in [0.29, 0.717) is 19.3 Å². The van der Waals surface area contributed by atoms with Gasteiger partial charge in [0, 0.05) is 0 Å². The van der Waals surface area contributed by atoms with Gasteiger partial charge in [-0.25, -0.2) is 0 Å². The van der Waals surface area contributed by atoms with Crippen molar-refractivity contribution in [2.45, 2.75) is 49.6 Å². The molecule has 0 spiro atoms. The zero-order valence-electron chi connectivity index (χ0n) is 11.8. The number of carbonyl (C=O) groups is 1. The molecule has 0 bridgehead atoms. The molecule has 1 aliphatic carbocycles. The van der Waals surface area contributed by atoms with Crippen LogP contribution in [0.5, 0.6) is 0 Å². The third-order valence-corrected chi connectivity index (χ3v) is 3.96. The number of hydrogen-bond acceptors (Lipinski definition) is 3. The molecule has 0 heterocycles. The normalized spacial score (nSPS) is 24.8. The SMILES string of the molecule is O=C(C[C@](O)(c1ccccc1)C(F)(F)F)N[C@H]1CCC[C@@H]1O. The van der Waals surface area contributed by atoms with Crippen molar-refractivity contribution in [1.82, 2.24) is 5.32 Å². The summed E-state index contributed by atoms with van der Waals surface area (Å²) in [6.07, 6.45) is -5.15. The molecule has 4 nitrogen and oxygen atoms in total. The Morgan fingerprint density at radius 2 is 1.86 bits per heavy atom. The maximum absolute atomic E-state index is 13.3. The largest absolute Gasteiger partial charge is 0.421 e. The second kappa shape index (κ2) is 6.26. The van der Waals surface area contributed by atoms with Gasteiger partial charge in [0.1, 0.15) is 0 Å². The van der Waals surface area contributed by atoms with E-state index in [0.717, 1.165) is 12.1 Å². The van der Waals surface area contributed by atoms with Crippen LogP contribution in [0.3, 0.4) is 0 Å². The summed E-state index contributed by atoms with van der Waals surface area (Å²) in [6.45, 7) is 0. The number of benzene rings is 1. The lowest BCUT2D eigenvalue weighted by atomic mass is 9.89. The molecule has 3 N–H and O–H groups in total. The molecule has 0 radical (unpaired) electrons.